The van der Waals surface area contributed by atoms with Gasteiger partial charge in [0.2, 0.25) is 0 Å². The van der Waals surface area contributed by atoms with E-state index in [-0.39, 0.29) is 0 Å². The Balaban J connectivity index is 5.33. The van der Waals surface area contributed by atoms with E-state index in [1.807, 2.05) is 0 Å². The molecule has 0 aliphatic carbocycles. The summed E-state index contributed by atoms with van der Waals surface area (Å²) < 4.78 is 141. The molecule has 0 unspecified atom stereocenters. The fraction of sp³-hybridized carbons (Fsp3) is 1.00. The molecule has 0 radical (unpaired) electrons. The first-order valence-corrected chi connectivity index (χ1v) is 3.52. The van der Waals surface area contributed by atoms with Gasteiger partial charge in [0.05, 0.1) is 0 Å². The van der Waals surface area contributed by atoms with Gasteiger partial charge in [-0.3, -0.25) is 0 Å². The molecule has 0 heterocycles. The summed E-state index contributed by atoms with van der Waals surface area (Å²) in [7, 11) is 0. The molecule has 0 saturated heterocycles. The zero-order valence-electron chi connectivity index (χ0n) is 7.54. The van der Waals surface area contributed by atoms with Crippen molar-refractivity contribution in [3.63, 3.8) is 0 Å². The number of nitrogens with one attached hydrogen (secondary N) is 1. The maximum Gasteiger partial charge on any atom is 0.469 e. The minimum absolute atomic E-state index is 1.34. The van der Waals surface area contributed by atoms with E-state index in [1.54, 1.807) is 0 Å². The Morgan fingerprint density at radius 1 is 0.444 bits per heavy atom. The van der Waals surface area contributed by atoms with Gasteiger partial charge in [-0.25, -0.2) is 0 Å². The van der Waals surface area contributed by atoms with E-state index in [1.165, 1.54) is 0 Å². The van der Waals surface area contributed by atoms with E-state index in [2.05, 4.69) is 0 Å². The first kappa shape index (κ1) is 17.1. The molecule has 0 spiro atoms. The monoisotopic (exact) mass is 303 g/mol. The summed E-state index contributed by atoms with van der Waals surface area (Å²) in [5, 5.41) is -1.34. The van der Waals surface area contributed by atoms with Gasteiger partial charge in [0.25, 0.3) is 0 Å². The van der Waals surface area contributed by atoms with Crippen molar-refractivity contribution in [1.29, 1.82) is 0 Å². The molecule has 0 aliphatic heterocycles. The van der Waals surface area contributed by atoms with Crippen LogP contribution in [0.5, 0.6) is 0 Å². The lowest BCUT2D eigenvalue weighted by Gasteiger charge is -2.32. The molecule has 0 saturated carbocycles. The molecule has 0 rings (SSSR count). The van der Waals surface area contributed by atoms with E-state index in [0.717, 1.165) is 0 Å². The van der Waals surface area contributed by atoms with Gasteiger partial charge in [0.15, 0.2) is 0 Å². The zero-order valence-corrected chi connectivity index (χ0v) is 7.54. The van der Waals surface area contributed by atoms with Crippen LogP contribution in [0, 0.1) is 0 Å². The van der Waals surface area contributed by atoms with E-state index >= 15 is 0 Å². The van der Waals surface area contributed by atoms with Gasteiger partial charge in [-0.2, -0.15) is 58.0 Å². The van der Waals surface area contributed by atoms with Crippen molar-refractivity contribution < 1.29 is 52.7 Å². The summed E-state index contributed by atoms with van der Waals surface area (Å²) in [6.07, 6.45) is -13.8. The molecule has 1 nitrogen and oxygen atoms in total. The molecule has 0 fully saturated rings. The summed E-state index contributed by atoms with van der Waals surface area (Å²) in [5.41, 5.74) is 0. The number of hydrogen-bond donors (Lipinski definition) is 1. The second kappa shape index (κ2) is 4.06. The highest BCUT2D eigenvalue weighted by atomic mass is 19.4. The van der Waals surface area contributed by atoms with Crippen molar-refractivity contribution in [2.24, 2.45) is 0 Å². The van der Waals surface area contributed by atoms with Gasteiger partial charge in [-0.05, 0) is 0 Å². The van der Waals surface area contributed by atoms with Crippen LogP contribution in [-0.2, 0) is 0 Å². The van der Waals surface area contributed by atoms with Crippen molar-refractivity contribution in [3.8, 4) is 0 Å². The van der Waals surface area contributed by atoms with Gasteiger partial charge in [0.1, 0.15) is 0 Å². The largest absolute Gasteiger partial charge is 0.469 e. The van der Waals surface area contributed by atoms with E-state index in [0.29, 0.717) is 0 Å². The van der Waals surface area contributed by atoms with E-state index in [9.17, 15) is 52.7 Å². The van der Waals surface area contributed by atoms with Crippen molar-refractivity contribution in [1.82, 2.24) is 5.32 Å². The highest BCUT2D eigenvalue weighted by molar-refractivity contribution is 4.92. The highest BCUT2D eigenvalue weighted by Crippen LogP contribution is 2.47. The Morgan fingerprint density at radius 2 is 0.778 bits per heavy atom. The third kappa shape index (κ3) is 2.92. The smallest absolute Gasteiger partial charge is 0.187 e. The van der Waals surface area contributed by atoms with Gasteiger partial charge in [-0.15, -0.1) is 0 Å². The molecule has 13 heteroatoms. The standard InChI is InChI=1S/C5HF12N/c6-1(7,2(8,9)10)4(14,15)18-5(16,17)3(11,12)13/h18H. The fourth-order valence-corrected chi connectivity index (χ4v) is 0.525. The molecule has 0 aliphatic rings. The van der Waals surface area contributed by atoms with Crippen molar-refractivity contribution in [2.75, 3.05) is 0 Å². The molecule has 0 aromatic rings. The summed E-state index contributed by atoms with van der Waals surface area (Å²) in [6.45, 7) is 0. The molecule has 0 atom stereocenters. The van der Waals surface area contributed by atoms with Crippen LogP contribution < -0.4 is 5.32 Å². The van der Waals surface area contributed by atoms with Crippen LogP contribution in [0.2, 0.25) is 0 Å². The third-order valence-electron chi connectivity index (χ3n) is 1.42. The minimum Gasteiger partial charge on any atom is -0.187 e. The molecule has 110 valence electrons. The summed E-state index contributed by atoms with van der Waals surface area (Å²) in [5.74, 6) is -7.12. The molecule has 18 heavy (non-hydrogen) atoms. The number of alkyl halides is 12. The predicted molar refractivity (Wildman–Crippen MR) is 30.1 cm³/mol. The summed E-state index contributed by atoms with van der Waals surface area (Å²) in [6, 6.07) is -13.5. The Labute approximate surface area is 89.7 Å². The van der Waals surface area contributed by atoms with Crippen molar-refractivity contribution in [2.45, 2.75) is 30.4 Å². The quantitative estimate of drug-likeness (QED) is 0.621. The van der Waals surface area contributed by atoms with E-state index in [4.69, 9.17) is 0 Å². The van der Waals surface area contributed by atoms with Crippen LogP contribution in [-0.4, -0.2) is 30.4 Å². The number of rotatable bonds is 3. The number of hydrogen-bond acceptors (Lipinski definition) is 1. The second-order valence-electron chi connectivity index (χ2n) is 2.84. The van der Waals surface area contributed by atoms with Gasteiger partial charge in [-0.1, -0.05) is 0 Å². The molecule has 0 aromatic heterocycles. The maximum absolute atomic E-state index is 12.2. The molecule has 1 N–H and O–H groups in total. The Kier molecular flexibility index (Phi) is 3.86. The normalized spacial score (nSPS) is 16.0. The molecule has 0 amide bonds. The van der Waals surface area contributed by atoms with Crippen LogP contribution in [0.1, 0.15) is 0 Å². The van der Waals surface area contributed by atoms with Gasteiger partial charge >= 0.3 is 30.4 Å². The zero-order chi connectivity index (χ0) is 15.2. The molecular weight excluding hydrogens is 302 g/mol. The summed E-state index contributed by atoms with van der Waals surface area (Å²) in [4.78, 5) is 0. The van der Waals surface area contributed by atoms with Crippen molar-refractivity contribution >= 4 is 0 Å². The average molecular weight is 303 g/mol. The van der Waals surface area contributed by atoms with Crippen LogP contribution >= 0.6 is 0 Å². The SMILES string of the molecule is FC(F)(F)C(F)(F)NC(F)(F)C(F)(F)C(F)(F)F. The highest BCUT2D eigenvalue weighted by Gasteiger charge is 2.77. The fourth-order valence-electron chi connectivity index (χ4n) is 0.525. The predicted octanol–water partition coefficient (Wildman–Crippen LogP) is 3.52. The third-order valence-corrected chi connectivity index (χ3v) is 1.42. The Morgan fingerprint density at radius 3 is 1.00 bits per heavy atom. The number of halogens is 12. The molecule has 0 bridgehead atoms. The average Bonchev–Trinajstić information content (AvgIpc) is 1.96. The lowest BCUT2D eigenvalue weighted by Crippen LogP contribution is -2.66. The Hall–Kier alpha value is -0.880. The van der Waals surface area contributed by atoms with Gasteiger partial charge < -0.3 is 0 Å². The molecular formula is C5HF12N. The maximum atomic E-state index is 12.2. The second-order valence-corrected chi connectivity index (χ2v) is 2.84. The first-order valence-electron chi connectivity index (χ1n) is 3.52. The van der Waals surface area contributed by atoms with Crippen molar-refractivity contribution in [3.05, 3.63) is 0 Å². The van der Waals surface area contributed by atoms with Gasteiger partial charge in [0, 0.05) is 0 Å². The topological polar surface area (TPSA) is 12.0 Å². The van der Waals surface area contributed by atoms with Crippen LogP contribution in [0.15, 0.2) is 0 Å². The summed E-state index contributed by atoms with van der Waals surface area (Å²) >= 11 is 0. The lowest BCUT2D eigenvalue weighted by molar-refractivity contribution is -0.392. The first-order chi connectivity index (χ1) is 7.46. The Bertz CT molecular complexity index is 297. The lowest BCUT2D eigenvalue weighted by atomic mass is 10.2. The van der Waals surface area contributed by atoms with E-state index < -0.39 is 35.7 Å². The van der Waals surface area contributed by atoms with Crippen LogP contribution in [0.3, 0.4) is 0 Å². The van der Waals surface area contributed by atoms with Crippen LogP contribution in [0.4, 0.5) is 52.7 Å². The molecule has 0 aromatic carbocycles. The van der Waals surface area contributed by atoms with Crippen LogP contribution in [0.25, 0.3) is 0 Å². The minimum atomic E-state index is -7.12.